The molecule has 2 saturated carbocycles. The van der Waals surface area contributed by atoms with Crippen molar-refractivity contribution in [2.24, 2.45) is 5.73 Å². The van der Waals surface area contributed by atoms with Gasteiger partial charge in [0.2, 0.25) is 5.91 Å². The van der Waals surface area contributed by atoms with Crippen LogP contribution in [-0.4, -0.2) is 13.0 Å². The number of benzene rings is 2. The number of hydrogen-bond donors (Lipinski definition) is 1. The largest absolute Gasteiger partial charge is 0.366 e. The molecule has 4 heteroatoms. The number of carbonyl (C=O) groups excluding carboxylic acids is 1. The molecule has 0 unspecified atom stereocenters. The summed E-state index contributed by atoms with van der Waals surface area (Å²) in [4.78, 5) is 13.3. The topological polar surface area (TPSA) is 46.3 Å². The van der Waals surface area contributed by atoms with Gasteiger partial charge in [-0.1, -0.05) is 44.6 Å². The molecule has 0 heterocycles. The lowest BCUT2D eigenvalue weighted by Gasteiger charge is -2.29. The van der Waals surface area contributed by atoms with Crippen LogP contribution in [0.3, 0.4) is 0 Å². The van der Waals surface area contributed by atoms with Gasteiger partial charge in [0, 0.05) is 18.3 Å². The first-order chi connectivity index (χ1) is 14.5. The van der Waals surface area contributed by atoms with Crippen molar-refractivity contribution in [1.29, 1.82) is 0 Å². The Bertz CT molecular complexity index is 862. The highest BCUT2D eigenvalue weighted by molar-refractivity contribution is 5.93. The van der Waals surface area contributed by atoms with Gasteiger partial charge in [-0.15, -0.1) is 0 Å². The average Bonchev–Trinajstić information content (AvgIpc) is 2.79. The van der Waals surface area contributed by atoms with Crippen molar-refractivity contribution in [1.82, 2.24) is 0 Å². The lowest BCUT2D eigenvalue weighted by atomic mass is 9.79. The number of halogens is 1. The molecule has 0 aromatic heterocycles. The Balaban J connectivity index is 1.71. The minimum Gasteiger partial charge on any atom is -0.366 e. The standard InChI is InChI=1S/C26H33FN2O/c1-29(25-13-12-20(26(28)30)17-24(25)27)23-15-21(18-8-4-2-5-9-18)14-22(16-23)19-10-6-3-7-11-19/h12-19H,2-11H2,1H3,(H2,28,30). The van der Waals surface area contributed by atoms with Gasteiger partial charge in [-0.25, -0.2) is 4.39 Å². The number of hydrogen-bond acceptors (Lipinski definition) is 2. The van der Waals surface area contributed by atoms with Crippen LogP contribution < -0.4 is 10.6 Å². The second kappa shape index (κ2) is 9.20. The second-order valence-electron chi connectivity index (χ2n) is 9.12. The first kappa shape index (κ1) is 20.9. The van der Waals surface area contributed by atoms with Crippen LogP contribution in [0.5, 0.6) is 0 Å². The van der Waals surface area contributed by atoms with Gasteiger partial charge in [0.25, 0.3) is 0 Å². The molecule has 3 nitrogen and oxygen atoms in total. The molecular formula is C26H33FN2O. The fourth-order valence-corrected chi connectivity index (χ4v) is 5.27. The minimum absolute atomic E-state index is 0.198. The normalized spacial score (nSPS) is 18.3. The summed E-state index contributed by atoms with van der Waals surface area (Å²) in [6.07, 6.45) is 12.9. The van der Waals surface area contributed by atoms with Crippen molar-refractivity contribution in [2.75, 3.05) is 11.9 Å². The summed E-state index contributed by atoms with van der Waals surface area (Å²) in [5, 5.41) is 0. The second-order valence-corrected chi connectivity index (χ2v) is 9.12. The number of nitrogens with zero attached hydrogens (tertiary/aromatic N) is 1. The van der Waals surface area contributed by atoms with E-state index in [0.29, 0.717) is 17.5 Å². The molecule has 2 fully saturated rings. The maximum Gasteiger partial charge on any atom is 0.248 e. The van der Waals surface area contributed by atoms with E-state index in [-0.39, 0.29) is 5.56 Å². The lowest BCUT2D eigenvalue weighted by molar-refractivity contribution is 0.1000. The molecule has 2 aliphatic rings. The smallest absolute Gasteiger partial charge is 0.248 e. The highest BCUT2D eigenvalue weighted by Crippen LogP contribution is 2.40. The monoisotopic (exact) mass is 408 g/mol. The summed E-state index contributed by atoms with van der Waals surface area (Å²) in [5.74, 6) is 0.186. The van der Waals surface area contributed by atoms with E-state index in [1.807, 2.05) is 11.9 Å². The predicted molar refractivity (Wildman–Crippen MR) is 121 cm³/mol. The van der Waals surface area contributed by atoms with Gasteiger partial charge < -0.3 is 10.6 Å². The highest BCUT2D eigenvalue weighted by atomic mass is 19.1. The molecule has 2 aromatic carbocycles. The molecule has 4 rings (SSSR count). The summed E-state index contributed by atoms with van der Waals surface area (Å²) < 4.78 is 14.8. The maximum absolute atomic E-state index is 14.8. The van der Waals surface area contributed by atoms with Gasteiger partial charge in [0.15, 0.2) is 0 Å². The van der Waals surface area contributed by atoms with Crippen LogP contribution in [0.1, 0.15) is 97.5 Å². The third kappa shape index (κ3) is 4.53. The van der Waals surface area contributed by atoms with Crippen molar-refractivity contribution in [3.05, 3.63) is 58.9 Å². The summed E-state index contributed by atoms with van der Waals surface area (Å²) in [5.41, 5.74) is 9.82. The predicted octanol–water partition coefficient (Wildman–Crippen LogP) is 6.79. The number of amides is 1. The van der Waals surface area contributed by atoms with Crippen LogP contribution in [0.4, 0.5) is 15.8 Å². The van der Waals surface area contributed by atoms with Crippen LogP contribution in [0, 0.1) is 5.82 Å². The van der Waals surface area contributed by atoms with Crippen LogP contribution in [0.25, 0.3) is 0 Å². The van der Waals surface area contributed by atoms with E-state index in [9.17, 15) is 9.18 Å². The quantitative estimate of drug-likeness (QED) is 0.592. The highest BCUT2D eigenvalue weighted by Gasteiger charge is 2.22. The van der Waals surface area contributed by atoms with Gasteiger partial charge >= 0.3 is 0 Å². The summed E-state index contributed by atoms with van der Waals surface area (Å²) in [7, 11) is 1.91. The van der Waals surface area contributed by atoms with Crippen molar-refractivity contribution in [2.45, 2.75) is 76.0 Å². The van der Waals surface area contributed by atoms with E-state index in [1.54, 1.807) is 12.1 Å². The third-order valence-electron chi connectivity index (χ3n) is 7.10. The minimum atomic E-state index is -0.609. The van der Waals surface area contributed by atoms with Crippen molar-refractivity contribution in [3.63, 3.8) is 0 Å². The van der Waals surface area contributed by atoms with Crippen molar-refractivity contribution >= 4 is 17.3 Å². The summed E-state index contributed by atoms with van der Waals surface area (Å²) >= 11 is 0. The molecular weight excluding hydrogens is 375 g/mol. The SMILES string of the molecule is CN(c1cc(C2CCCCC2)cc(C2CCCCC2)c1)c1ccc(C(N)=O)cc1F. The molecule has 0 saturated heterocycles. The van der Waals surface area contributed by atoms with E-state index in [1.165, 1.54) is 81.4 Å². The van der Waals surface area contributed by atoms with Gasteiger partial charge in [0.05, 0.1) is 5.69 Å². The Hall–Kier alpha value is -2.36. The van der Waals surface area contributed by atoms with E-state index in [4.69, 9.17) is 5.73 Å². The Labute approximate surface area is 179 Å². The first-order valence-electron chi connectivity index (χ1n) is 11.5. The molecule has 2 aromatic rings. The molecule has 2 N–H and O–H groups in total. The zero-order valence-corrected chi connectivity index (χ0v) is 18.0. The van der Waals surface area contributed by atoms with E-state index < -0.39 is 11.7 Å². The van der Waals surface area contributed by atoms with Gasteiger partial charge in [-0.3, -0.25) is 4.79 Å². The molecule has 2 aliphatic carbocycles. The van der Waals surface area contributed by atoms with Gasteiger partial charge in [-0.05, 0) is 79.0 Å². The van der Waals surface area contributed by atoms with Gasteiger partial charge in [0.1, 0.15) is 5.82 Å². The van der Waals surface area contributed by atoms with Crippen LogP contribution >= 0.6 is 0 Å². The number of rotatable bonds is 5. The molecule has 160 valence electrons. The molecule has 0 radical (unpaired) electrons. The average molecular weight is 409 g/mol. The molecule has 0 spiro atoms. The van der Waals surface area contributed by atoms with Crippen LogP contribution in [0.2, 0.25) is 0 Å². The number of nitrogens with two attached hydrogens (primary N) is 1. The summed E-state index contributed by atoms with van der Waals surface area (Å²) in [6, 6.07) is 11.4. The van der Waals surface area contributed by atoms with Crippen molar-refractivity contribution < 1.29 is 9.18 Å². The third-order valence-corrected chi connectivity index (χ3v) is 7.10. The Kier molecular flexibility index (Phi) is 6.40. The fourth-order valence-electron chi connectivity index (χ4n) is 5.27. The zero-order valence-electron chi connectivity index (χ0n) is 18.0. The van der Waals surface area contributed by atoms with E-state index in [0.717, 1.165) is 5.69 Å². The molecule has 0 aliphatic heterocycles. The number of primary amides is 1. The number of anilines is 2. The maximum atomic E-state index is 14.8. The van der Waals surface area contributed by atoms with E-state index >= 15 is 0 Å². The van der Waals surface area contributed by atoms with Crippen molar-refractivity contribution in [3.8, 4) is 0 Å². The molecule has 0 bridgehead atoms. The fraction of sp³-hybridized carbons (Fsp3) is 0.500. The molecule has 1 amide bonds. The molecule has 30 heavy (non-hydrogen) atoms. The molecule has 0 atom stereocenters. The Morgan fingerprint density at radius 3 is 1.87 bits per heavy atom. The lowest BCUT2D eigenvalue weighted by Crippen LogP contribution is -2.16. The number of carbonyl (C=O) groups is 1. The zero-order chi connectivity index (χ0) is 21.1. The van der Waals surface area contributed by atoms with Gasteiger partial charge in [-0.2, -0.15) is 0 Å². The summed E-state index contributed by atoms with van der Waals surface area (Å²) in [6.45, 7) is 0. The first-order valence-corrected chi connectivity index (χ1v) is 11.5. The Morgan fingerprint density at radius 1 is 0.867 bits per heavy atom. The van der Waals surface area contributed by atoms with E-state index in [2.05, 4.69) is 18.2 Å². The van der Waals surface area contributed by atoms with Crippen LogP contribution in [0.15, 0.2) is 36.4 Å². The Morgan fingerprint density at radius 2 is 1.40 bits per heavy atom. The van der Waals surface area contributed by atoms with Crippen LogP contribution in [-0.2, 0) is 0 Å².